The third kappa shape index (κ3) is 6.07. The first-order valence-electron chi connectivity index (χ1n) is 13.9. The number of fused-ring (bicyclic) bond motifs is 2. The van der Waals surface area contributed by atoms with Crippen LogP contribution in [-0.4, -0.2) is 48.7 Å². The number of rotatable bonds is 10. The molecule has 0 aliphatic heterocycles. The van der Waals surface area contributed by atoms with Crippen LogP contribution in [0.15, 0.2) is 12.1 Å². The van der Waals surface area contributed by atoms with Crippen LogP contribution in [0.2, 0.25) is 0 Å². The summed E-state index contributed by atoms with van der Waals surface area (Å²) in [4.78, 5) is 38.0. The second-order valence-corrected chi connectivity index (χ2v) is 12.0. The van der Waals surface area contributed by atoms with E-state index >= 15 is 0 Å². The number of hydrogen-bond donors (Lipinski definition) is 3. The summed E-state index contributed by atoms with van der Waals surface area (Å²) in [5.41, 5.74) is 0.147. The highest BCUT2D eigenvalue weighted by atomic mass is 19.1. The standard InChI is InChI=1S/C29H41FN2O6/c1-5-29(2,3)15-31-27(34)24-17-6-7-18(12-17)25(24)32-26(33)20-13-23(21(30)14-22(20)37-4)38-19-10-8-16(9-11-19)28(35)36/h13-14,16-19,24-25H,5-12,15H2,1-4H3,(H,31,34)(H,32,33)(H,35,36)/t16-,17-,18+,19+,24+,25-/m1/s1. The number of carbonyl (C=O) groups excluding carboxylic acids is 2. The Kier molecular flexibility index (Phi) is 8.52. The molecule has 3 saturated carbocycles. The lowest BCUT2D eigenvalue weighted by molar-refractivity contribution is -0.143. The van der Waals surface area contributed by atoms with Gasteiger partial charge < -0.3 is 25.2 Å². The van der Waals surface area contributed by atoms with Crippen LogP contribution in [0.25, 0.3) is 0 Å². The first kappa shape index (κ1) is 28.2. The summed E-state index contributed by atoms with van der Waals surface area (Å²) in [6, 6.07) is 2.21. The lowest BCUT2D eigenvalue weighted by Gasteiger charge is -2.32. The van der Waals surface area contributed by atoms with Crippen molar-refractivity contribution >= 4 is 17.8 Å². The van der Waals surface area contributed by atoms with Gasteiger partial charge in [0.15, 0.2) is 11.6 Å². The molecule has 2 bridgehead atoms. The zero-order valence-corrected chi connectivity index (χ0v) is 22.8. The number of aliphatic carboxylic acids is 1. The highest BCUT2D eigenvalue weighted by Crippen LogP contribution is 2.49. The molecule has 4 rings (SSSR count). The summed E-state index contributed by atoms with van der Waals surface area (Å²) in [5.74, 6) is -2.10. The van der Waals surface area contributed by atoms with Crippen molar-refractivity contribution in [3.05, 3.63) is 23.5 Å². The van der Waals surface area contributed by atoms with E-state index in [-0.39, 0.29) is 58.3 Å². The molecule has 8 nitrogen and oxygen atoms in total. The highest BCUT2D eigenvalue weighted by Gasteiger charge is 2.51. The van der Waals surface area contributed by atoms with E-state index in [0.717, 1.165) is 31.7 Å². The second-order valence-electron chi connectivity index (χ2n) is 12.0. The van der Waals surface area contributed by atoms with Gasteiger partial charge in [-0.25, -0.2) is 4.39 Å². The number of carboxylic acid groups (broad SMARTS) is 1. The molecule has 0 spiro atoms. The summed E-state index contributed by atoms with van der Waals surface area (Å²) in [6.45, 7) is 6.91. The van der Waals surface area contributed by atoms with Crippen LogP contribution < -0.4 is 20.1 Å². The maximum Gasteiger partial charge on any atom is 0.306 e. The summed E-state index contributed by atoms with van der Waals surface area (Å²) >= 11 is 0. The molecule has 0 heterocycles. The fourth-order valence-electron chi connectivity index (χ4n) is 6.25. The van der Waals surface area contributed by atoms with Gasteiger partial charge in [0.1, 0.15) is 5.75 Å². The van der Waals surface area contributed by atoms with Crippen LogP contribution in [0.5, 0.6) is 11.5 Å². The molecule has 3 aliphatic carbocycles. The van der Waals surface area contributed by atoms with Crippen LogP contribution in [-0.2, 0) is 9.59 Å². The number of amides is 2. The van der Waals surface area contributed by atoms with Gasteiger partial charge in [0.25, 0.3) is 5.91 Å². The quantitative estimate of drug-likeness (QED) is 0.407. The number of nitrogens with one attached hydrogen (secondary N) is 2. The molecule has 4 atom stereocenters. The fourth-order valence-corrected chi connectivity index (χ4v) is 6.25. The summed E-state index contributed by atoms with van der Waals surface area (Å²) < 4.78 is 26.1. The minimum absolute atomic E-state index is 0.00320. The van der Waals surface area contributed by atoms with Crippen LogP contribution in [0.4, 0.5) is 4.39 Å². The van der Waals surface area contributed by atoms with Crippen LogP contribution in [0, 0.1) is 34.9 Å². The van der Waals surface area contributed by atoms with Crippen molar-refractivity contribution in [2.24, 2.45) is 29.1 Å². The molecular weight excluding hydrogens is 491 g/mol. The number of benzene rings is 1. The maximum atomic E-state index is 14.9. The average molecular weight is 533 g/mol. The summed E-state index contributed by atoms with van der Waals surface area (Å²) in [6.07, 6.45) is 5.41. The van der Waals surface area contributed by atoms with E-state index in [1.54, 1.807) is 0 Å². The smallest absolute Gasteiger partial charge is 0.306 e. The first-order chi connectivity index (χ1) is 18.0. The SMILES string of the molecule is CCC(C)(C)CNC(=O)[C@H]1[C@@H]2CC[C@@H](C2)[C@H]1NC(=O)c1cc(O[C@H]2CC[C@@H](C(=O)O)CC2)c(F)cc1OC. The van der Waals surface area contributed by atoms with Crippen molar-refractivity contribution in [3.8, 4) is 11.5 Å². The zero-order valence-electron chi connectivity index (χ0n) is 22.8. The van der Waals surface area contributed by atoms with Gasteiger partial charge in [0.2, 0.25) is 5.91 Å². The van der Waals surface area contributed by atoms with Crippen molar-refractivity contribution in [1.82, 2.24) is 10.6 Å². The minimum atomic E-state index is -0.820. The highest BCUT2D eigenvalue weighted by molar-refractivity contribution is 5.98. The second kappa shape index (κ2) is 11.5. The molecule has 3 N–H and O–H groups in total. The molecule has 38 heavy (non-hydrogen) atoms. The molecule has 210 valence electrons. The van der Waals surface area contributed by atoms with E-state index in [2.05, 4.69) is 31.4 Å². The summed E-state index contributed by atoms with van der Waals surface area (Å²) in [7, 11) is 1.38. The number of carboxylic acids is 1. The zero-order chi connectivity index (χ0) is 27.6. The lowest BCUT2D eigenvalue weighted by Crippen LogP contribution is -2.50. The van der Waals surface area contributed by atoms with Gasteiger partial charge in [-0.05, 0) is 74.7 Å². The molecule has 0 unspecified atom stereocenters. The molecule has 9 heteroatoms. The topological polar surface area (TPSA) is 114 Å². The van der Waals surface area contributed by atoms with Crippen molar-refractivity contribution in [3.63, 3.8) is 0 Å². The monoisotopic (exact) mass is 532 g/mol. The molecule has 0 radical (unpaired) electrons. The molecule has 2 amide bonds. The number of ether oxygens (including phenoxy) is 2. The predicted molar refractivity (Wildman–Crippen MR) is 140 cm³/mol. The van der Waals surface area contributed by atoms with E-state index in [9.17, 15) is 23.9 Å². The van der Waals surface area contributed by atoms with Crippen molar-refractivity contribution < 1.29 is 33.4 Å². The number of methoxy groups -OCH3 is 1. The van der Waals surface area contributed by atoms with Crippen LogP contribution >= 0.6 is 0 Å². The van der Waals surface area contributed by atoms with E-state index < -0.39 is 23.6 Å². The van der Waals surface area contributed by atoms with Crippen LogP contribution in [0.1, 0.15) is 82.5 Å². The third-order valence-corrected chi connectivity index (χ3v) is 9.03. The fraction of sp³-hybridized carbons (Fsp3) is 0.690. The number of hydrogen-bond acceptors (Lipinski definition) is 5. The minimum Gasteiger partial charge on any atom is -0.496 e. The van der Waals surface area contributed by atoms with Gasteiger partial charge in [-0.3, -0.25) is 14.4 Å². The molecule has 3 aliphatic rings. The van der Waals surface area contributed by atoms with Crippen molar-refractivity contribution in [2.75, 3.05) is 13.7 Å². The largest absolute Gasteiger partial charge is 0.496 e. The Bertz CT molecular complexity index is 1050. The van der Waals surface area contributed by atoms with Crippen molar-refractivity contribution in [1.29, 1.82) is 0 Å². The number of halogens is 1. The molecule has 1 aromatic rings. The Hall–Kier alpha value is -2.84. The number of carbonyl (C=O) groups is 3. The normalized spacial score (nSPS) is 28.6. The van der Waals surface area contributed by atoms with Gasteiger partial charge in [0, 0.05) is 18.7 Å². The lowest BCUT2D eigenvalue weighted by atomic mass is 9.83. The molecule has 0 aromatic heterocycles. The Morgan fingerprint density at radius 2 is 1.74 bits per heavy atom. The summed E-state index contributed by atoms with van der Waals surface area (Å²) in [5, 5.41) is 15.4. The van der Waals surface area contributed by atoms with Gasteiger partial charge >= 0.3 is 5.97 Å². The predicted octanol–water partition coefficient (Wildman–Crippen LogP) is 4.55. The molecule has 1 aromatic carbocycles. The van der Waals surface area contributed by atoms with E-state index in [1.165, 1.54) is 13.2 Å². The van der Waals surface area contributed by atoms with E-state index in [1.807, 2.05) is 0 Å². The first-order valence-corrected chi connectivity index (χ1v) is 13.9. The van der Waals surface area contributed by atoms with Gasteiger partial charge in [0.05, 0.1) is 30.6 Å². The van der Waals surface area contributed by atoms with Gasteiger partial charge in [-0.15, -0.1) is 0 Å². The molecule has 3 fully saturated rings. The maximum absolute atomic E-state index is 14.9. The average Bonchev–Trinajstić information content (AvgIpc) is 3.50. The van der Waals surface area contributed by atoms with E-state index in [4.69, 9.17) is 9.47 Å². The van der Waals surface area contributed by atoms with E-state index in [0.29, 0.717) is 32.2 Å². The Morgan fingerprint density at radius 1 is 1.05 bits per heavy atom. The van der Waals surface area contributed by atoms with Gasteiger partial charge in [-0.1, -0.05) is 20.8 Å². The Balaban J connectivity index is 1.47. The third-order valence-electron chi connectivity index (χ3n) is 9.03. The van der Waals surface area contributed by atoms with Crippen LogP contribution in [0.3, 0.4) is 0 Å². The Morgan fingerprint density at radius 3 is 2.37 bits per heavy atom. The molecular formula is C29H41FN2O6. The van der Waals surface area contributed by atoms with Gasteiger partial charge in [-0.2, -0.15) is 0 Å². The Labute approximate surface area is 224 Å². The molecule has 0 saturated heterocycles. The van der Waals surface area contributed by atoms with Crippen molar-refractivity contribution in [2.45, 2.75) is 84.3 Å².